The Balaban J connectivity index is 0.00000134. The van der Waals surface area contributed by atoms with Gasteiger partial charge in [-0.3, -0.25) is 29.1 Å². The number of fused-ring (bicyclic) bond motifs is 1. The number of nitriles is 1. The number of nitrogens with two attached hydrogens (primary N) is 3. The number of rotatable bonds is 38. The predicted octanol–water partition coefficient (Wildman–Crippen LogP) is 6.35. The van der Waals surface area contributed by atoms with Crippen LogP contribution in [0.5, 0.6) is 5.75 Å². The van der Waals surface area contributed by atoms with Gasteiger partial charge in [0.05, 0.1) is 24.7 Å². The number of carbonyl (C=O) groups excluding carboxylic acids is 8. The summed E-state index contributed by atoms with van der Waals surface area (Å²) in [6.45, 7) is 15.2. The molecule has 0 saturated carbocycles. The molecule has 1 saturated heterocycles. The topological polar surface area (TPSA) is 377 Å². The molecule has 0 spiro atoms. The minimum absolute atomic E-state index is 0.0292. The number of ketones is 1. The average molecular weight is 1260 g/mol. The number of aldehydes is 2. The number of benzene rings is 2. The number of unbranched alkanes of at least 4 members (excludes halogenated alkanes) is 4. The third-order valence-electron chi connectivity index (χ3n) is 13.8. The lowest BCUT2D eigenvalue weighted by molar-refractivity contribution is -0.191. The van der Waals surface area contributed by atoms with Crippen LogP contribution in [0.25, 0.3) is 10.9 Å². The van der Waals surface area contributed by atoms with Gasteiger partial charge in [-0.1, -0.05) is 56.5 Å². The summed E-state index contributed by atoms with van der Waals surface area (Å²) in [5.74, 6) is 3.48. The molecule has 0 aliphatic carbocycles. The number of amides is 5. The number of hydrogen-bond acceptors (Lipinski definition) is 19. The summed E-state index contributed by atoms with van der Waals surface area (Å²) in [7, 11) is 3.65. The number of hydrogen-bond donors (Lipinski definition) is 9. The number of likely N-dealkylation sites (tertiary alicyclic amines) is 1. The first-order valence-electron chi connectivity index (χ1n) is 30.9. The molecule has 0 unspecified atom stereocenters. The van der Waals surface area contributed by atoms with E-state index in [1.807, 2.05) is 77.2 Å². The third kappa shape index (κ3) is 36.4. The first-order chi connectivity index (χ1) is 43.1. The number of likely N-dealkylation sites (N-methyl/N-ethyl adjacent to an activating group) is 1. The number of carboxylic acid groups (broad SMARTS) is 1. The van der Waals surface area contributed by atoms with Crippen LogP contribution in [0.1, 0.15) is 165 Å². The van der Waals surface area contributed by atoms with Crippen molar-refractivity contribution in [1.29, 1.82) is 5.26 Å². The summed E-state index contributed by atoms with van der Waals surface area (Å²) in [6.07, 6.45) is 15.5. The fraction of sp³-hybridized carbons (Fsp3) is 0.578. The van der Waals surface area contributed by atoms with Crippen LogP contribution in [-0.4, -0.2) is 163 Å². The summed E-state index contributed by atoms with van der Waals surface area (Å²) < 4.78 is 18.3. The first-order valence-corrected chi connectivity index (χ1v) is 30.9. The Hall–Kier alpha value is -8.12. The lowest BCUT2D eigenvalue weighted by Crippen LogP contribution is -2.57. The molecule has 1 aromatic heterocycles. The van der Waals surface area contributed by atoms with E-state index in [1.54, 1.807) is 40.3 Å². The van der Waals surface area contributed by atoms with Crippen LogP contribution >= 0.6 is 0 Å². The lowest BCUT2D eigenvalue weighted by Gasteiger charge is -2.27. The molecule has 26 heteroatoms. The van der Waals surface area contributed by atoms with E-state index in [0.717, 1.165) is 111 Å². The van der Waals surface area contributed by atoms with Gasteiger partial charge in [-0.25, -0.2) is 20.2 Å². The van der Waals surface area contributed by atoms with Crippen molar-refractivity contribution in [3.8, 4) is 11.8 Å². The highest BCUT2D eigenvalue weighted by Gasteiger charge is 2.38. The highest BCUT2D eigenvalue weighted by Crippen LogP contribution is 2.22. The zero-order chi connectivity index (χ0) is 67.7. The van der Waals surface area contributed by atoms with E-state index in [0.29, 0.717) is 89.0 Å². The van der Waals surface area contributed by atoms with Gasteiger partial charge in [-0.15, -0.1) is 0 Å². The molecule has 12 N–H and O–H groups in total. The number of ether oxygens (including phenoxy) is 1. The van der Waals surface area contributed by atoms with Gasteiger partial charge in [0.25, 0.3) is 0 Å². The van der Waals surface area contributed by atoms with Gasteiger partial charge in [0.15, 0.2) is 6.29 Å². The Morgan fingerprint density at radius 1 is 0.922 bits per heavy atom. The van der Waals surface area contributed by atoms with Crippen LogP contribution in [0.15, 0.2) is 66.6 Å². The van der Waals surface area contributed by atoms with E-state index in [1.165, 1.54) is 13.8 Å². The summed E-state index contributed by atoms with van der Waals surface area (Å²) in [5, 5.41) is 33.6. The van der Waals surface area contributed by atoms with E-state index in [-0.39, 0.29) is 48.9 Å². The number of carboxylic acids is 1. The minimum Gasteiger partial charge on any atom is -0.494 e. The Morgan fingerprint density at radius 3 is 2.23 bits per heavy atom. The van der Waals surface area contributed by atoms with Crippen molar-refractivity contribution in [1.82, 2.24) is 46.4 Å². The number of aromatic nitrogens is 1. The molecule has 0 bridgehead atoms. The molecule has 25 nitrogen and oxygen atoms in total. The Morgan fingerprint density at radius 2 is 1.62 bits per heavy atom. The molecular weight excluding hydrogens is 1160 g/mol. The molecule has 3 aromatic rings. The van der Waals surface area contributed by atoms with Gasteiger partial charge in [-0.05, 0) is 155 Å². The fourth-order valence-electron chi connectivity index (χ4n) is 8.74. The standard InChI is InChI=1S/C29H43FN4O8.C14H16N2O2.C11H24N4O.C8H13N3O.C2H6/c1-21-11-13-23(14-12-21)19-34(25(37)10-5-4-7-17-31-20-35)18-8-6-9-24(26(38)39)32-28(41)33-29(3,27(40)42-30)16-15-22(2)36;1-15-6-2-8-18-12-3-4-14-13(9-12)11(10-17)5-7-16-14;1-10(12)5-2-3-7-15(14)9-11(13)6-4-8-16;1-10-6-8(12)11-4-2-3-7(11)5-9;1-2/h11-14,20,24H,4-10,15-19H2,1-3H3,(H,31,35)(H,38,39)(H2,32,33,41);3-5,7,9-10,15H,2,6,8H2,1H3;8-10H,2-7,12-14H2,1H3;7,10H,2-4,6H2,1H3;1-2H3/b;;11-9-;;/t24-,29-;;10-;7-;/m0.10./s1. The van der Waals surface area contributed by atoms with Crippen molar-refractivity contribution in [2.24, 2.45) is 17.3 Å². The molecular formula is C64H102FN13O12. The fourth-order valence-corrected chi connectivity index (χ4v) is 8.74. The molecule has 4 rings (SSSR count). The van der Waals surface area contributed by atoms with Crippen molar-refractivity contribution in [2.75, 3.05) is 60.0 Å². The maximum absolute atomic E-state index is 13.0. The number of nitrogens with zero attached hydrogens (tertiary/aromatic N) is 5. The smallest absolute Gasteiger partial charge is 0.373 e. The Kier molecular flexibility index (Phi) is 45.2. The van der Waals surface area contributed by atoms with E-state index in [4.69, 9.17) is 27.3 Å². The SMILES string of the molecule is CC.CC(=O)CC[C@](C)(NC(=O)N[C@@H](CCCCN(Cc1ccc(C)cc1)C(=O)CCCCCNC=O)C(=O)O)C(=O)OF.CNCC(=O)N1CCC[C@H]1C#N.CNCCCOc1ccc2nccc(C=O)c2c1.C[C@@H](N)CCCCN(N)/C=C(\N)CCC=O. The number of pyridine rings is 1. The monoisotopic (exact) mass is 1260 g/mol. The number of Topliss-reactive ketones (excluding diaryl/α,β-unsaturated/α-hetero) is 1. The molecule has 1 aliphatic heterocycles. The number of carbonyl (C=O) groups is 9. The molecule has 0 radical (unpaired) electrons. The average Bonchev–Trinajstić information content (AvgIpc) is 2.78. The number of halogens is 1. The van der Waals surface area contributed by atoms with Gasteiger partial charge in [-0.2, -0.15) is 5.26 Å². The number of urea groups is 1. The van der Waals surface area contributed by atoms with Gasteiger partial charge in [0.2, 0.25) is 18.2 Å². The molecule has 502 valence electrons. The van der Waals surface area contributed by atoms with Crippen LogP contribution in [0, 0.1) is 18.3 Å². The van der Waals surface area contributed by atoms with E-state index < -0.39 is 29.6 Å². The molecule has 90 heavy (non-hydrogen) atoms. The summed E-state index contributed by atoms with van der Waals surface area (Å²) in [6, 6.07) is 15.0. The predicted molar refractivity (Wildman–Crippen MR) is 344 cm³/mol. The number of aliphatic carboxylic acids is 1. The second kappa shape index (κ2) is 49.7. The molecule has 5 amide bonds. The van der Waals surface area contributed by atoms with Crippen molar-refractivity contribution in [2.45, 2.75) is 181 Å². The number of aryl methyl sites for hydroxylation is 1. The summed E-state index contributed by atoms with van der Waals surface area (Å²) in [5.41, 5.74) is 13.6. The quantitative estimate of drug-likeness (QED) is 0.0131. The van der Waals surface area contributed by atoms with Crippen LogP contribution in [0.2, 0.25) is 0 Å². The molecule has 1 aliphatic rings. The van der Waals surface area contributed by atoms with Crippen LogP contribution in [0.3, 0.4) is 0 Å². The van der Waals surface area contributed by atoms with Crippen LogP contribution < -0.4 is 48.6 Å². The number of nitrogens with one attached hydrogen (secondary N) is 5. The minimum atomic E-state index is -1.88. The van der Waals surface area contributed by atoms with E-state index in [2.05, 4.69) is 42.6 Å². The summed E-state index contributed by atoms with van der Waals surface area (Å²) in [4.78, 5) is 114. The molecule has 2 heterocycles. The van der Waals surface area contributed by atoms with E-state index >= 15 is 0 Å². The normalized spacial score (nSPS) is 13.5. The zero-order valence-electron chi connectivity index (χ0n) is 54.2. The highest BCUT2D eigenvalue weighted by molar-refractivity contribution is 5.96. The zero-order valence-corrected chi connectivity index (χ0v) is 54.2. The van der Waals surface area contributed by atoms with Gasteiger partial charge < -0.3 is 72.3 Å². The maximum Gasteiger partial charge on any atom is 0.373 e. The van der Waals surface area contributed by atoms with Crippen molar-refractivity contribution in [3.63, 3.8) is 0 Å². The third-order valence-corrected chi connectivity index (χ3v) is 13.8. The van der Waals surface area contributed by atoms with Crippen LogP contribution in [0.4, 0.5) is 9.32 Å². The molecule has 2 aromatic carbocycles. The first kappa shape index (κ1) is 81.9. The lowest BCUT2D eigenvalue weighted by atomic mass is 9.95. The Bertz CT molecular complexity index is 2660. The van der Waals surface area contributed by atoms with Gasteiger partial charge in [0.1, 0.15) is 35.4 Å². The van der Waals surface area contributed by atoms with Crippen molar-refractivity contribution < 1.29 is 62.5 Å². The van der Waals surface area contributed by atoms with Crippen molar-refractivity contribution in [3.05, 3.63) is 83.3 Å². The van der Waals surface area contributed by atoms with E-state index in [9.17, 15) is 52.8 Å². The second-order valence-electron chi connectivity index (χ2n) is 21.6. The number of hydrazine groups is 1. The van der Waals surface area contributed by atoms with Crippen molar-refractivity contribution >= 4 is 65.5 Å². The van der Waals surface area contributed by atoms with Gasteiger partial charge in [0, 0.05) is 91.6 Å². The molecule has 1 fully saturated rings. The largest absolute Gasteiger partial charge is 0.494 e. The molecule has 4 atom stereocenters. The second-order valence-corrected chi connectivity index (χ2v) is 21.6. The Labute approximate surface area is 531 Å². The van der Waals surface area contributed by atoms with Gasteiger partial charge >= 0.3 is 18.0 Å². The maximum atomic E-state index is 13.0. The summed E-state index contributed by atoms with van der Waals surface area (Å²) >= 11 is 0. The number of allylic oxidation sites excluding steroid dienone is 1. The van der Waals surface area contributed by atoms with Crippen LogP contribution in [-0.2, 0) is 45.0 Å². The highest BCUT2D eigenvalue weighted by atomic mass is 19.3.